The van der Waals surface area contributed by atoms with E-state index in [1.54, 1.807) is 16.8 Å². The standard InChI is InChI=1S/C17H23N3S/c1-11-5-6-13-14(8-11)21-17-15(13)16(18-10-19-17)20-7-3-4-12(2)9-20/h10-12H,3-9H2,1-2H3. The monoisotopic (exact) mass is 301 g/mol. The number of nitrogens with zero attached hydrogens (tertiary/aromatic N) is 3. The van der Waals surface area contributed by atoms with E-state index in [1.807, 2.05) is 11.3 Å². The van der Waals surface area contributed by atoms with Gasteiger partial charge in [0.2, 0.25) is 0 Å². The second-order valence-electron chi connectivity index (χ2n) is 6.92. The highest BCUT2D eigenvalue weighted by atomic mass is 32.1. The minimum atomic E-state index is 0.776. The summed E-state index contributed by atoms with van der Waals surface area (Å²) in [6.07, 6.45) is 8.15. The fourth-order valence-corrected chi connectivity index (χ4v) is 5.22. The summed E-state index contributed by atoms with van der Waals surface area (Å²) in [5.74, 6) is 2.80. The second-order valence-corrected chi connectivity index (χ2v) is 8.01. The SMILES string of the molecule is CC1CCc2c(sc3ncnc(N4CCCC(C)C4)c23)C1. The van der Waals surface area contributed by atoms with Crippen LogP contribution in [0.2, 0.25) is 0 Å². The molecule has 2 aliphatic rings. The number of aromatic nitrogens is 2. The van der Waals surface area contributed by atoms with Crippen molar-refractivity contribution in [2.45, 2.75) is 46.0 Å². The Balaban J connectivity index is 1.82. The zero-order chi connectivity index (χ0) is 14.4. The first-order chi connectivity index (χ1) is 10.2. The Labute approximate surface area is 130 Å². The van der Waals surface area contributed by atoms with Crippen LogP contribution in [0, 0.1) is 11.8 Å². The summed E-state index contributed by atoms with van der Waals surface area (Å²) in [5.41, 5.74) is 1.56. The molecule has 1 aliphatic carbocycles. The Morgan fingerprint density at radius 1 is 1.19 bits per heavy atom. The van der Waals surface area contributed by atoms with Crippen molar-refractivity contribution in [3.63, 3.8) is 0 Å². The Bertz CT molecular complexity index is 663. The van der Waals surface area contributed by atoms with Crippen LogP contribution in [0.25, 0.3) is 10.2 Å². The first-order valence-electron chi connectivity index (χ1n) is 8.22. The maximum atomic E-state index is 4.69. The van der Waals surface area contributed by atoms with Crippen molar-refractivity contribution >= 4 is 27.4 Å². The molecule has 2 aromatic heterocycles. The summed E-state index contributed by atoms with van der Waals surface area (Å²) in [6.45, 7) is 7.02. The normalized spacial score (nSPS) is 26.1. The molecule has 0 amide bonds. The lowest BCUT2D eigenvalue weighted by Crippen LogP contribution is -2.35. The lowest BCUT2D eigenvalue weighted by Gasteiger charge is -2.32. The zero-order valence-corrected chi connectivity index (χ0v) is 13.7. The summed E-state index contributed by atoms with van der Waals surface area (Å²) < 4.78 is 0. The van der Waals surface area contributed by atoms with E-state index in [9.17, 15) is 0 Å². The van der Waals surface area contributed by atoms with Gasteiger partial charge in [0.05, 0.1) is 5.39 Å². The molecule has 0 bridgehead atoms. The van der Waals surface area contributed by atoms with Gasteiger partial charge in [0.25, 0.3) is 0 Å². The van der Waals surface area contributed by atoms with E-state index in [4.69, 9.17) is 0 Å². The average Bonchev–Trinajstić information content (AvgIpc) is 2.84. The fourth-order valence-electron chi connectivity index (χ4n) is 3.88. The van der Waals surface area contributed by atoms with Gasteiger partial charge in [0, 0.05) is 18.0 Å². The Morgan fingerprint density at radius 3 is 2.95 bits per heavy atom. The molecule has 1 aliphatic heterocycles. The summed E-state index contributed by atoms with van der Waals surface area (Å²) in [6, 6.07) is 0. The van der Waals surface area contributed by atoms with Crippen LogP contribution in [0.5, 0.6) is 0 Å². The van der Waals surface area contributed by atoms with Gasteiger partial charge >= 0.3 is 0 Å². The first kappa shape index (κ1) is 13.5. The third-order valence-electron chi connectivity index (χ3n) is 5.03. The summed E-state index contributed by atoms with van der Waals surface area (Å²) in [5, 5.41) is 1.37. The average molecular weight is 301 g/mol. The molecule has 21 heavy (non-hydrogen) atoms. The molecule has 0 saturated carbocycles. The van der Waals surface area contributed by atoms with E-state index in [1.165, 1.54) is 48.1 Å². The molecular weight excluding hydrogens is 278 g/mol. The molecule has 3 nitrogen and oxygen atoms in total. The van der Waals surface area contributed by atoms with Crippen molar-refractivity contribution in [3.8, 4) is 0 Å². The molecule has 2 aromatic rings. The van der Waals surface area contributed by atoms with E-state index in [0.29, 0.717) is 0 Å². The van der Waals surface area contributed by atoms with Crippen LogP contribution < -0.4 is 4.90 Å². The molecular formula is C17H23N3S. The Hall–Kier alpha value is -1.16. The summed E-state index contributed by atoms with van der Waals surface area (Å²) in [7, 11) is 0. The quantitative estimate of drug-likeness (QED) is 0.795. The number of hydrogen-bond donors (Lipinski definition) is 0. The predicted octanol–water partition coefficient (Wildman–Crippen LogP) is 4.05. The lowest BCUT2D eigenvalue weighted by molar-refractivity contribution is 0.445. The van der Waals surface area contributed by atoms with Gasteiger partial charge in [-0.25, -0.2) is 9.97 Å². The van der Waals surface area contributed by atoms with Crippen LogP contribution in [0.3, 0.4) is 0 Å². The van der Waals surface area contributed by atoms with Crippen molar-refractivity contribution in [2.24, 2.45) is 11.8 Å². The lowest BCUT2D eigenvalue weighted by atomic mass is 9.89. The second kappa shape index (κ2) is 5.24. The summed E-state index contributed by atoms with van der Waals surface area (Å²) in [4.78, 5) is 14.5. The number of hydrogen-bond acceptors (Lipinski definition) is 4. The molecule has 0 aromatic carbocycles. The highest BCUT2D eigenvalue weighted by molar-refractivity contribution is 7.19. The van der Waals surface area contributed by atoms with Gasteiger partial charge < -0.3 is 4.90 Å². The molecule has 3 heterocycles. The van der Waals surface area contributed by atoms with Gasteiger partial charge in [0.1, 0.15) is 17.0 Å². The molecule has 112 valence electrons. The van der Waals surface area contributed by atoms with Gasteiger partial charge in [-0.05, 0) is 49.5 Å². The molecule has 0 radical (unpaired) electrons. The molecule has 2 atom stereocenters. The smallest absolute Gasteiger partial charge is 0.141 e. The van der Waals surface area contributed by atoms with E-state index in [0.717, 1.165) is 24.9 Å². The van der Waals surface area contributed by atoms with Crippen molar-refractivity contribution < 1.29 is 0 Å². The van der Waals surface area contributed by atoms with Crippen LogP contribution in [0.15, 0.2) is 6.33 Å². The van der Waals surface area contributed by atoms with Crippen molar-refractivity contribution in [3.05, 3.63) is 16.8 Å². The van der Waals surface area contributed by atoms with Gasteiger partial charge in [-0.3, -0.25) is 0 Å². The van der Waals surface area contributed by atoms with Gasteiger partial charge in [-0.15, -0.1) is 11.3 Å². The van der Waals surface area contributed by atoms with E-state index in [2.05, 4.69) is 28.7 Å². The Kier molecular flexibility index (Phi) is 3.37. The predicted molar refractivity (Wildman–Crippen MR) is 89.2 cm³/mol. The zero-order valence-electron chi connectivity index (χ0n) is 12.9. The van der Waals surface area contributed by atoms with E-state index >= 15 is 0 Å². The highest BCUT2D eigenvalue weighted by Crippen LogP contribution is 2.41. The van der Waals surface area contributed by atoms with Crippen LogP contribution >= 0.6 is 11.3 Å². The number of thiophene rings is 1. The number of anilines is 1. The molecule has 2 unspecified atom stereocenters. The minimum Gasteiger partial charge on any atom is -0.356 e. The first-order valence-corrected chi connectivity index (χ1v) is 9.04. The maximum Gasteiger partial charge on any atom is 0.141 e. The van der Waals surface area contributed by atoms with Crippen LogP contribution in [-0.2, 0) is 12.8 Å². The molecule has 0 spiro atoms. The van der Waals surface area contributed by atoms with Crippen LogP contribution in [0.1, 0.15) is 43.6 Å². The molecule has 1 saturated heterocycles. The minimum absolute atomic E-state index is 0.776. The third-order valence-corrected chi connectivity index (χ3v) is 6.19. The topological polar surface area (TPSA) is 29.0 Å². The Morgan fingerprint density at radius 2 is 2.10 bits per heavy atom. The van der Waals surface area contributed by atoms with Crippen molar-refractivity contribution in [2.75, 3.05) is 18.0 Å². The third kappa shape index (κ3) is 2.33. The highest BCUT2D eigenvalue weighted by Gasteiger charge is 2.26. The maximum absolute atomic E-state index is 4.69. The number of piperidine rings is 1. The number of rotatable bonds is 1. The van der Waals surface area contributed by atoms with Crippen molar-refractivity contribution in [1.82, 2.24) is 9.97 Å². The molecule has 4 rings (SSSR count). The van der Waals surface area contributed by atoms with Crippen molar-refractivity contribution in [1.29, 1.82) is 0 Å². The fraction of sp³-hybridized carbons (Fsp3) is 0.647. The molecule has 0 N–H and O–H groups in total. The number of fused-ring (bicyclic) bond motifs is 3. The largest absolute Gasteiger partial charge is 0.356 e. The van der Waals surface area contributed by atoms with Gasteiger partial charge in [-0.1, -0.05) is 13.8 Å². The molecule has 4 heteroatoms. The van der Waals surface area contributed by atoms with Crippen LogP contribution in [-0.4, -0.2) is 23.1 Å². The van der Waals surface area contributed by atoms with Crippen LogP contribution in [0.4, 0.5) is 5.82 Å². The van der Waals surface area contributed by atoms with Gasteiger partial charge in [-0.2, -0.15) is 0 Å². The molecule has 1 fully saturated rings. The van der Waals surface area contributed by atoms with E-state index in [-0.39, 0.29) is 0 Å². The van der Waals surface area contributed by atoms with E-state index < -0.39 is 0 Å². The van der Waals surface area contributed by atoms with Gasteiger partial charge in [0.15, 0.2) is 0 Å². The summed E-state index contributed by atoms with van der Waals surface area (Å²) >= 11 is 1.90. The number of aryl methyl sites for hydroxylation is 1.